The molecule has 0 amide bonds. The normalized spacial score (nSPS) is 11.7. The SMILES string of the molecule is COc1cc(F)c(C(Cc2ccc(C(=N)N)cc2)c2nn(-c3cccnn3)c(=O)[nH]2)cc1OC. The Balaban J connectivity index is 1.82. The number of aromatic nitrogens is 5. The molecule has 0 aliphatic carbocycles. The van der Waals surface area contributed by atoms with Crippen molar-refractivity contribution in [3.8, 4) is 17.3 Å². The summed E-state index contributed by atoms with van der Waals surface area (Å²) in [6.45, 7) is 0. The molecule has 10 nitrogen and oxygen atoms in total. The van der Waals surface area contributed by atoms with Crippen molar-refractivity contribution in [2.75, 3.05) is 14.2 Å². The Labute approximate surface area is 193 Å². The molecular weight excluding hydrogens is 441 g/mol. The van der Waals surface area contributed by atoms with Crippen LogP contribution in [0.4, 0.5) is 4.39 Å². The molecule has 2 aromatic heterocycles. The largest absolute Gasteiger partial charge is 0.493 e. The molecule has 0 spiro atoms. The van der Waals surface area contributed by atoms with Crippen LogP contribution in [0, 0.1) is 11.2 Å². The monoisotopic (exact) mass is 463 g/mol. The molecule has 2 heterocycles. The fourth-order valence-electron chi connectivity index (χ4n) is 3.61. The Bertz CT molecular complexity index is 1370. The number of halogens is 1. The third-order valence-corrected chi connectivity index (χ3v) is 5.32. The number of nitrogens with zero attached hydrogens (tertiary/aromatic N) is 4. The number of nitrogen functional groups attached to an aromatic ring is 1. The van der Waals surface area contributed by atoms with Crippen LogP contribution in [0.5, 0.6) is 11.5 Å². The smallest absolute Gasteiger partial charge is 0.349 e. The molecule has 0 bridgehead atoms. The summed E-state index contributed by atoms with van der Waals surface area (Å²) in [6.07, 6.45) is 1.77. The van der Waals surface area contributed by atoms with E-state index in [9.17, 15) is 4.79 Å². The zero-order valence-corrected chi connectivity index (χ0v) is 18.4. The topological polar surface area (TPSA) is 145 Å². The molecule has 11 heteroatoms. The lowest BCUT2D eigenvalue weighted by Gasteiger charge is -2.18. The van der Waals surface area contributed by atoms with E-state index in [0.29, 0.717) is 11.3 Å². The number of aromatic amines is 1. The van der Waals surface area contributed by atoms with Crippen LogP contribution in [0.2, 0.25) is 0 Å². The molecule has 1 unspecified atom stereocenters. The van der Waals surface area contributed by atoms with E-state index >= 15 is 4.39 Å². The lowest BCUT2D eigenvalue weighted by molar-refractivity contribution is 0.351. The van der Waals surface area contributed by atoms with Gasteiger partial charge in [0.2, 0.25) is 0 Å². The minimum atomic E-state index is -0.686. The van der Waals surface area contributed by atoms with E-state index in [1.165, 1.54) is 32.5 Å². The van der Waals surface area contributed by atoms with Crippen molar-refractivity contribution in [1.82, 2.24) is 25.0 Å². The molecule has 2 aromatic carbocycles. The summed E-state index contributed by atoms with van der Waals surface area (Å²) in [5.74, 6) is -0.240. The van der Waals surface area contributed by atoms with Crippen LogP contribution in [0.25, 0.3) is 5.82 Å². The van der Waals surface area contributed by atoms with Crippen LogP contribution in [-0.2, 0) is 6.42 Å². The number of nitrogens with one attached hydrogen (secondary N) is 2. The Kier molecular flexibility index (Phi) is 6.35. The number of ether oxygens (including phenoxy) is 2. The highest BCUT2D eigenvalue weighted by Gasteiger charge is 2.26. The van der Waals surface area contributed by atoms with Crippen molar-refractivity contribution in [3.63, 3.8) is 0 Å². The molecule has 0 saturated carbocycles. The first-order valence-corrected chi connectivity index (χ1v) is 10.2. The number of benzene rings is 2. The van der Waals surface area contributed by atoms with Gasteiger partial charge in [0.25, 0.3) is 0 Å². The van der Waals surface area contributed by atoms with Crippen molar-refractivity contribution in [2.45, 2.75) is 12.3 Å². The van der Waals surface area contributed by atoms with Crippen LogP contribution >= 0.6 is 0 Å². The lowest BCUT2D eigenvalue weighted by Crippen LogP contribution is -2.17. The van der Waals surface area contributed by atoms with Crippen molar-refractivity contribution in [2.24, 2.45) is 5.73 Å². The Morgan fingerprint density at radius 3 is 2.50 bits per heavy atom. The molecular formula is C23H22FN7O3. The second kappa shape index (κ2) is 9.53. The Morgan fingerprint density at radius 1 is 1.18 bits per heavy atom. The Morgan fingerprint density at radius 2 is 1.88 bits per heavy atom. The quantitative estimate of drug-likeness (QED) is 0.268. The zero-order chi connectivity index (χ0) is 24.2. The van der Waals surface area contributed by atoms with Crippen molar-refractivity contribution in [1.29, 1.82) is 5.41 Å². The first-order valence-electron chi connectivity index (χ1n) is 10.2. The van der Waals surface area contributed by atoms with Gasteiger partial charge in [-0.3, -0.25) is 10.4 Å². The first-order chi connectivity index (χ1) is 16.4. The number of methoxy groups -OCH3 is 2. The van der Waals surface area contributed by atoms with Crippen LogP contribution in [0.1, 0.15) is 28.4 Å². The third kappa shape index (κ3) is 4.49. The molecule has 0 saturated heterocycles. The highest BCUT2D eigenvalue weighted by molar-refractivity contribution is 5.94. The van der Waals surface area contributed by atoms with E-state index in [4.69, 9.17) is 20.6 Å². The predicted molar refractivity (Wildman–Crippen MR) is 122 cm³/mol. The summed E-state index contributed by atoms with van der Waals surface area (Å²) in [7, 11) is 2.88. The van der Waals surface area contributed by atoms with Crippen molar-refractivity contribution < 1.29 is 13.9 Å². The number of hydrogen-bond donors (Lipinski definition) is 3. The van der Waals surface area contributed by atoms with Gasteiger partial charge in [-0.2, -0.15) is 9.78 Å². The van der Waals surface area contributed by atoms with Gasteiger partial charge >= 0.3 is 5.69 Å². The van der Waals surface area contributed by atoms with Crippen molar-refractivity contribution >= 4 is 5.84 Å². The highest BCUT2D eigenvalue weighted by Crippen LogP contribution is 2.36. The van der Waals surface area contributed by atoms with E-state index in [-0.39, 0.29) is 35.2 Å². The van der Waals surface area contributed by atoms with Crippen LogP contribution in [0.3, 0.4) is 0 Å². The average Bonchev–Trinajstić information content (AvgIpc) is 3.24. The van der Waals surface area contributed by atoms with Gasteiger partial charge in [0.05, 0.1) is 20.1 Å². The van der Waals surface area contributed by atoms with E-state index in [1.807, 2.05) is 0 Å². The summed E-state index contributed by atoms with van der Waals surface area (Å²) in [4.78, 5) is 15.4. The number of nitrogens with two attached hydrogens (primary N) is 1. The van der Waals surface area contributed by atoms with Gasteiger partial charge in [-0.05, 0) is 30.2 Å². The van der Waals surface area contributed by atoms with Crippen LogP contribution in [0.15, 0.2) is 59.5 Å². The zero-order valence-electron chi connectivity index (χ0n) is 18.4. The minimum Gasteiger partial charge on any atom is -0.493 e. The molecule has 4 rings (SSSR count). The second-order valence-corrected chi connectivity index (χ2v) is 7.41. The van der Waals surface area contributed by atoms with Gasteiger partial charge in [-0.15, -0.1) is 10.2 Å². The maximum absolute atomic E-state index is 15.3. The third-order valence-electron chi connectivity index (χ3n) is 5.32. The molecule has 0 aliphatic rings. The summed E-state index contributed by atoms with van der Waals surface area (Å²) in [5, 5.41) is 19.7. The van der Waals surface area contributed by atoms with Gasteiger partial charge < -0.3 is 15.2 Å². The summed E-state index contributed by atoms with van der Waals surface area (Å²) < 4.78 is 26.9. The first kappa shape index (κ1) is 22.6. The van der Waals surface area contributed by atoms with Crippen LogP contribution in [-0.4, -0.2) is 45.0 Å². The van der Waals surface area contributed by atoms with E-state index in [1.54, 1.807) is 36.4 Å². The maximum Gasteiger partial charge on any atom is 0.349 e. The van der Waals surface area contributed by atoms with Gasteiger partial charge in [-0.25, -0.2) is 9.18 Å². The molecule has 34 heavy (non-hydrogen) atoms. The van der Waals surface area contributed by atoms with Crippen molar-refractivity contribution in [3.05, 3.63) is 93.5 Å². The fourth-order valence-corrected chi connectivity index (χ4v) is 3.61. The summed E-state index contributed by atoms with van der Waals surface area (Å²) >= 11 is 0. The molecule has 0 fully saturated rings. The standard InChI is InChI=1S/C23H22FN7O3/c1-33-18-11-15(17(24)12-19(18)34-2)16(10-13-5-7-14(8-6-13)21(25)26)22-28-23(32)31(30-22)20-4-3-9-27-29-20/h3-9,11-12,16H,10H2,1-2H3,(H3,25,26)(H,28,30,32). The number of hydrogen-bond acceptors (Lipinski definition) is 7. The van der Waals surface area contributed by atoms with E-state index in [2.05, 4.69) is 20.3 Å². The predicted octanol–water partition coefficient (Wildman–Crippen LogP) is 2.17. The van der Waals surface area contributed by atoms with Gasteiger partial charge in [0.1, 0.15) is 17.5 Å². The molecule has 174 valence electrons. The molecule has 4 N–H and O–H groups in total. The number of rotatable bonds is 8. The molecule has 0 radical (unpaired) electrons. The van der Waals surface area contributed by atoms with Gasteiger partial charge in [-0.1, -0.05) is 24.3 Å². The molecule has 1 atom stereocenters. The van der Waals surface area contributed by atoms with Gasteiger partial charge in [0, 0.05) is 23.4 Å². The number of H-pyrrole nitrogens is 1. The molecule has 0 aliphatic heterocycles. The fraction of sp³-hybridized carbons (Fsp3) is 0.174. The molecule has 4 aromatic rings. The summed E-state index contributed by atoms with van der Waals surface area (Å²) in [5.41, 5.74) is 6.66. The van der Waals surface area contributed by atoms with E-state index < -0.39 is 17.4 Å². The Hall–Kier alpha value is -4.54. The minimum absolute atomic E-state index is 0.0546. The average molecular weight is 463 g/mol. The number of amidine groups is 1. The van der Waals surface area contributed by atoms with Crippen LogP contribution < -0.4 is 20.9 Å². The lowest BCUT2D eigenvalue weighted by atomic mass is 9.90. The highest BCUT2D eigenvalue weighted by atomic mass is 19.1. The summed E-state index contributed by atoms with van der Waals surface area (Å²) in [6, 6.07) is 13.0. The second-order valence-electron chi connectivity index (χ2n) is 7.41. The van der Waals surface area contributed by atoms with E-state index in [0.717, 1.165) is 10.2 Å². The maximum atomic E-state index is 15.3. The van der Waals surface area contributed by atoms with Gasteiger partial charge in [0.15, 0.2) is 17.3 Å².